The molecular formula is C16H26N2O. The highest BCUT2D eigenvalue weighted by atomic mass is 16.5. The lowest BCUT2D eigenvalue weighted by Crippen LogP contribution is -2.45. The molecule has 106 valence electrons. The Morgan fingerprint density at radius 3 is 3.00 bits per heavy atom. The fourth-order valence-electron chi connectivity index (χ4n) is 2.83. The summed E-state index contributed by atoms with van der Waals surface area (Å²) in [7, 11) is 1.73. The van der Waals surface area contributed by atoms with Crippen molar-refractivity contribution in [2.24, 2.45) is 0 Å². The van der Waals surface area contributed by atoms with Crippen molar-refractivity contribution < 1.29 is 4.74 Å². The predicted octanol–water partition coefficient (Wildman–Crippen LogP) is 2.66. The first kappa shape index (κ1) is 14.4. The van der Waals surface area contributed by atoms with Crippen molar-refractivity contribution in [3.63, 3.8) is 0 Å². The summed E-state index contributed by atoms with van der Waals surface area (Å²) >= 11 is 0. The molecule has 0 aromatic heterocycles. The van der Waals surface area contributed by atoms with E-state index in [1.807, 2.05) is 6.07 Å². The number of hydrogen-bond acceptors (Lipinski definition) is 3. The Morgan fingerprint density at radius 2 is 2.32 bits per heavy atom. The zero-order valence-electron chi connectivity index (χ0n) is 12.2. The molecule has 19 heavy (non-hydrogen) atoms. The van der Waals surface area contributed by atoms with Crippen molar-refractivity contribution in [1.82, 2.24) is 10.2 Å². The first-order valence-corrected chi connectivity index (χ1v) is 7.41. The van der Waals surface area contributed by atoms with Crippen LogP contribution in [-0.2, 0) is 6.54 Å². The summed E-state index contributed by atoms with van der Waals surface area (Å²) < 4.78 is 5.31. The fraction of sp³-hybridized carbons (Fsp3) is 0.625. The monoisotopic (exact) mass is 262 g/mol. The van der Waals surface area contributed by atoms with Crippen LogP contribution in [0.4, 0.5) is 0 Å². The van der Waals surface area contributed by atoms with Crippen LogP contribution in [0.25, 0.3) is 0 Å². The molecule has 1 atom stereocenters. The number of rotatable bonds is 6. The molecule has 1 aliphatic rings. The Morgan fingerprint density at radius 1 is 1.42 bits per heavy atom. The molecule has 2 rings (SSSR count). The van der Waals surface area contributed by atoms with Crippen LogP contribution in [0.1, 0.15) is 31.7 Å². The molecule has 1 N–H and O–H groups in total. The van der Waals surface area contributed by atoms with Crippen molar-refractivity contribution in [2.45, 2.75) is 38.8 Å². The molecule has 0 aliphatic carbocycles. The third-order valence-corrected chi connectivity index (χ3v) is 3.82. The molecule has 3 nitrogen and oxygen atoms in total. The summed E-state index contributed by atoms with van der Waals surface area (Å²) in [5.74, 6) is 0.954. The van der Waals surface area contributed by atoms with E-state index in [4.69, 9.17) is 4.74 Å². The molecule has 0 bridgehead atoms. The lowest BCUT2D eigenvalue weighted by atomic mass is 10.0. The number of benzene rings is 1. The first-order valence-electron chi connectivity index (χ1n) is 7.41. The van der Waals surface area contributed by atoms with Crippen LogP contribution in [0.3, 0.4) is 0 Å². The Bertz CT molecular complexity index is 375. The Labute approximate surface area is 116 Å². The van der Waals surface area contributed by atoms with E-state index in [0.717, 1.165) is 18.8 Å². The maximum atomic E-state index is 5.31. The molecule has 1 aliphatic heterocycles. The summed E-state index contributed by atoms with van der Waals surface area (Å²) in [4.78, 5) is 2.61. The van der Waals surface area contributed by atoms with Gasteiger partial charge in [-0.2, -0.15) is 0 Å². The first-order chi connectivity index (χ1) is 9.33. The third kappa shape index (κ3) is 4.22. The lowest BCUT2D eigenvalue weighted by Gasteiger charge is -2.34. The maximum absolute atomic E-state index is 5.31. The second-order valence-electron chi connectivity index (χ2n) is 5.32. The average Bonchev–Trinajstić information content (AvgIpc) is 2.48. The number of nitrogens with one attached hydrogen (secondary N) is 1. The number of hydrogen-bond donors (Lipinski definition) is 1. The summed E-state index contributed by atoms with van der Waals surface area (Å²) in [6.07, 6.45) is 3.82. The van der Waals surface area contributed by atoms with Gasteiger partial charge in [-0.3, -0.25) is 4.90 Å². The second-order valence-corrected chi connectivity index (χ2v) is 5.32. The number of piperidine rings is 1. The van der Waals surface area contributed by atoms with E-state index < -0.39 is 0 Å². The van der Waals surface area contributed by atoms with E-state index in [1.54, 1.807) is 7.11 Å². The molecule has 0 radical (unpaired) electrons. The van der Waals surface area contributed by atoms with Crippen molar-refractivity contribution in [2.75, 3.05) is 26.7 Å². The topological polar surface area (TPSA) is 24.5 Å². The fourth-order valence-corrected chi connectivity index (χ4v) is 2.83. The molecule has 1 heterocycles. The Hall–Kier alpha value is -1.06. The summed E-state index contributed by atoms with van der Waals surface area (Å²) in [6.45, 7) is 6.76. The van der Waals surface area contributed by atoms with Crippen LogP contribution in [0.15, 0.2) is 24.3 Å². The van der Waals surface area contributed by atoms with Gasteiger partial charge in [-0.15, -0.1) is 0 Å². The Kier molecular flexibility index (Phi) is 5.67. The largest absolute Gasteiger partial charge is 0.497 e. The summed E-state index contributed by atoms with van der Waals surface area (Å²) in [5, 5.41) is 3.52. The molecule has 0 spiro atoms. The minimum absolute atomic E-state index is 0.680. The number of ether oxygens (including phenoxy) is 1. The standard InChI is InChI=1S/C16H26N2O/c1-3-10-18(15-7-5-9-17-12-15)13-14-6-4-8-16(11-14)19-2/h4,6,8,11,15,17H,3,5,7,9-10,12-13H2,1-2H3. The molecule has 0 amide bonds. The molecule has 1 saturated heterocycles. The van der Waals surface area contributed by atoms with Crippen molar-refractivity contribution in [1.29, 1.82) is 0 Å². The average molecular weight is 262 g/mol. The van der Waals surface area contributed by atoms with Gasteiger partial charge < -0.3 is 10.1 Å². The van der Waals surface area contributed by atoms with Gasteiger partial charge in [-0.25, -0.2) is 0 Å². The number of nitrogens with zero attached hydrogens (tertiary/aromatic N) is 1. The SMILES string of the molecule is CCCN(Cc1cccc(OC)c1)C1CCCNC1. The maximum Gasteiger partial charge on any atom is 0.119 e. The molecule has 1 unspecified atom stereocenters. The highest BCUT2D eigenvalue weighted by molar-refractivity contribution is 5.28. The van der Waals surface area contributed by atoms with Crippen LogP contribution in [0.5, 0.6) is 5.75 Å². The smallest absolute Gasteiger partial charge is 0.119 e. The zero-order valence-corrected chi connectivity index (χ0v) is 12.2. The molecule has 1 aromatic rings. The molecule has 1 fully saturated rings. The van der Waals surface area contributed by atoms with Crippen LogP contribution in [-0.4, -0.2) is 37.7 Å². The van der Waals surface area contributed by atoms with Crippen molar-refractivity contribution in [3.8, 4) is 5.75 Å². The van der Waals surface area contributed by atoms with Gasteiger partial charge in [0.25, 0.3) is 0 Å². The van der Waals surface area contributed by atoms with Crippen LogP contribution < -0.4 is 10.1 Å². The van der Waals surface area contributed by atoms with E-state index in [0.29, 0.717) is 6.04 Å². The minimum atomic E-state index is 0.680. The highest BCUT2D eigenvalue weighted by Gasteiger charge is 2.20. The van der Waals surface area contributed by atoms with E-state index in [1.165, 1.54) is 37.9 Å². The van der Waals surface area contributed by atoms with Gasteiger partial charge in [0.2, 0.25) is 0 Å². The Balaban J connectivity index is 2.01. The number of methoxy groups -OCH3 is 1. The normalized spacial score (nSPS) is 19.6. The minimum Gasteiger partial charge on any atom is -0.497 e. The quantitative estimate of drug-likeness (QED) is 0.853. The molecular weight excluding hydrogens is 236 g/mol. The third-order valence-electron chi connectivity index (χ3n) is 3.82. The van der Waals surface area contributed by atoms with Crippen LogP contribution in [0.2, 0.25) is 0 Å². The highest BCUT2D eigenvalue weighted by Crippen LogP contribution is 2.18. The predicted molar refractivity (Wildman–Crippen MR) is 79.6 cm³/mol. The van der Waals surface area contributed by atoms with Gasteiger partial charge in [-0.1, -0.05) is 19.1 Å². The van der Waals surface area contributed by atoms with Gasteiger partial charge in [-0.05, 0) is 50.0 Å². The van der Waals surface area contributed by atoms with E-state index >= 15 is 0 Å². The second kappa shape index (κ2) is 7.51. The van der Waals surface area contributed by atoms with Crippen molar-refractivity contribution in [3.05, 3.63) is 29.8 Å². The van der Waals surface area contributed by atoms with Gasteiger partial charge in [0, 0.05) is 19.1 Å². The van der Waals surface area contributed by atoms with E-state index in [-0.39, 0.29) is 0 Å². The van der Waals surface area contributed by atoms with Crippen LogP contribution in [0, 0.1) is 0 Å². The molecule has 3 heteroatoms. The summed E-state index contributed by atoms with van der Waals surface area (Å²) in [5.41, 5.74) is 1.35. The van der Waals surface area contributed by atoms with Gasteiger partial charge >= 0.3 is 0 Å². The van der Waals surface area contributed by atoms with Gasteiger partial charge in [0.15, 0.2) is 0 Å². The van der Waals surface area contributed by atoms with Crippen LogP contribution >= 0.6 is 0 Å². The van der Waals surface area contributed by atoms with Gasteiger partial charge in [0.1, 0.15) is 5.75 Å². The van der Waals surface area contributed by atoms with E-state index in [9.17, 15) is 0 Å². The zero-order chi connectivity index (χ0) is 13.5. The molecule has 0 saturated carbocycles. The molecule has 1 aromatic carbocycles. The lowest BCUT2D eigenvalue weighted by molar-refractivity contribution is 0.158. The van der Waals surface area contributed by atoms with E-state index in [2.05, 4.69) is 35.3 Å². The summed E-state index contributed by atoms with van der Waals surface area (Å²) in [6, 6.07) is 9.12. The van der Waals surface area contributed by atoms with Crippen molar-refractivity contribution >= 4 is 0 Å². The van der Waals surface area contributed by atoms with Gasteiger partial charge in [0.05, 0.1) is 7.11 Å².